The van der Waals surface area contributed by atoms with Gasteiger partial charge in [-0.3, -0.25) is 0 Å². The van der Waals surface area contributed by atoms with Crippen LogP contribution in [0.15, 0.2) is 24.4 Å². The molecule has 3 rings (SSSR count). The lowest BCUT2D eigenvalue weighted by Crippen LogP contribution is -2.30. The van der Waals surface area contributed by atoms with Gasteiger partial charge in [-0.05, 0) is 56.1 Å². The van der Waals surface area contributed by atoms with Crippen LogP contribution in [0.4, 0.5) is 5.69 Å². The summed E-state index contributed by atoms with van der Waals surface area (Å²) < 4.78 is 0. The van der Waals surface area contributed by atoms with Crippen molar-refractivity contribution in [3.8, 4) is 0 Å². The summed E-state index contributed by atoms with van der Waals surface area (Å²) in [7, 11) is 2.20. The van der Waals surface area contributed by atoms with Gasteiger partial charge in [0.2, 0.25) is 0 Å². The second kappa shape index (κ2) is 4.08. The monoisotopic (exact) mass is 229 g/mol. The van der Waals surface area contributed by atoms with E-state index in [-0.39, 0.29) is 0 Å². The van der Waals surface area contributed by atoms with Crippen LogP contribution in [0.25, 0.3) is 10.9 Å². The molecule has 3 heteroatoms. The van der Waals surface area contributed by atoms with Crippen LogP contribution in [-0.2, 0) is 0 Å². The highest BCUT2D eigenvalue weighted by atomic mass is 15.1. The smallest absolute Gasteiger partial charge is 0.0458 e. The Kier molecular flexibility index (Phi) is 2.56. The van der Waals surface area contributed by atoms with Gasteiger partial charge < -0.3 is 15.6 Å². The molecule has 1 saturated heterocycles. The third-order valence-electron chi connectivity index (χ3n) is 3.80. The third kappa shape index (κ3) is 1.91. The lowest BCUT2D eigenvalue weighted by molar-refractivity contribution is 0.251. The van der Waals surface area contributed by atoms with Crippen molar-refractivity contribution in [1.29, 1.82) is 0 Å². The molecule has 0 amide bonds. The number of likely N-dealkylation sites (N-methyl/N-ethyl adjacent to an activating group) is 1. The molecule has 3 N–H and O–H groups in total. The van der Waals surface area contributed by atoms with Crippen LogP contribution in [0.5, 0.6) is 0 Å². The molecule has 0 radical (unpaired) electrons. The van der Waals surface area contributed by atoms with E-state index in [1.807, 2.05) is 6.07 Å². The van der Waals surface area contributed by atoms with Crippen LogP contribution in [0.1, 0.15) is 24.3 Å². The lowest BCUT2D eigenvalue weighted by Gasteiger charge is -2.29. The largest absolute Gasteiger partial charge is 0.399 e. The summed E-state index contributed by atoms with van der Waals surface area (Å²) >= 11 is 0. The number of nitrogens with one attached hydrogen (secondary N) is 1. The molecule has 0 saturated carbocycles. The Balaban J connectivity index is 2.01. The molecular weight excluding hydrogens is 210 g/mol. The molecule has 2 aromatic rings. The first-order chi connectivity index (χ1) is 8.24. The predicted molar refractivity (Wildman–Crippen MR) is 72.2 cm³/mol. The maximum Gasteiger partial charge on any atom is 0.0458 e. The van der Waals surface area contributed by atoms with Crippen molar-refractivity contribution in [2.45, 2.75) is 18.8 Å². The van der Waals surface area contributed by atoms with Crippen molar-refractivity contribution < 1.29 is 0 Å². The number of nitrogens with two attached hydrogens (primary N) is 1. The van der Waals surface area contributed by atoms with E-state index < -0.39 is 0 Å². The summed E-state index contributed by atoms with van der Waals surface area (Å²) in [5.74, 6) is 0.643. The van der Waals surface area contributed by atoms with E-state index >= 15 is 0 Å². The fraction of sp³-hybridized carbons (Fsp3) is 0.429. The topological polar surface area (TPSA) is 45.0 Å². The number of fused-ring (bicyclic) bond motifs is 1. The molecule has 2 heterocycles. The lowest BCUT2D eigenvalue weighted by atomic mass is 9.90. The van der Waals surface area contributed by atoms with Crippen molar-refractivity contribution >= 4 is 16.6 Å². The number of hydrogen-bond acceptors (Lipinski definition) is 2. The molecule has 0 aliphatic carbocycles. The molecule has 1 aliphatic heterocycles. The Labute approximate surface area is 102 Å². The Hall–Kier alpha value is -1.48. The number of rotatable bonds is 1. The van der Waals surface area contributed by atoms with E-state index in [9.17, 15) is 0 Å². The van der Waals surface area contributed by atoms with Gasteiger partial charge in [0, 0.05) is 29.3 Å². The standard InChI is InChI=1S/C14H19N3/c1-17-6-2-3-10(9-17)13-8-16-14-5-4-11(15)7-12(13)14/h4-5,7-8,10,16H,2-3,6,9,15H2,1H3. The average Bonchev–Trinajstić information content (AvgIpc) is 2.71. The summed E-state index contributed by atoms with van der Waals surface area (Å²) in [6.45, 7) is 2.38. The van der Waals surface area contributed by atoms with E-state index in [0.717, 1.165) is 12.2 Å². The van der Waals surface area contributed by atoms with Crippen LogP contribution in [0, 0.1) is 0 Å². The number of likely N-dealkylation sites (tertiary alicyclic amines) is 1. The second-order valence-corrected chi connectivity index (χ2v) is 5.15. The zero-order valence-electron chi connectivity index (χ0n) is 10.2. The molecule has 1 aromatic heterocycles. The van der Waals surface area contributed by atoms with Crippen LogP contribution < -0.4 is 5.73 Å². The highest BCUT2D eigenvalue weighted by molar-refractivity contribution is 5.86. The van der Waals surface area contributed by atoms with Crippen molar-refractivity contribution in [3.05, 3.63) is 30.0 Å². The van der Waals surface area contributed by atoms with Gasteiger partial charge in [0.15, 0.2) is 0 Å². The first-order valence-corrected chi connectivity index (χ1v) is 6.29. The van der Waals surface area contributed by atoms with Gasteiger partial charge in [0.1, 0.15) is 0 Å². The molecule has 0 bridgehead atoms. The quantitative estimate of drug-likeness (QED) is 0.738. The average molecular weight is 229 g/mol. The Morgan fingerprint density at radius 1 is 1.41 bits per heavy atom. The number of aromatic nitrogens is 1. The van der Waals surface area contributed by atoms with Crippen molar-refractivity contribution in [1.82, 2.24) is 9.88 Å². The number of nitrogens with zero attached hydrogens (tertiary/aromatic N) is 1. The Morgan fingerprint density at radius 2 is 2.29 bits per heavy atom. The van der Waals surface area contributed by atoms with Crippen LogP contribution in [0.3, 0.4) is 0 Å². The molecular formula is C14H19N3. The van der Waals surface area contributed by atoms with Crippen LogP contribution >= 0.6 is 0 Å². The molecule has 3 nitrogen and oxygen atoms in total. The van der Waals surface area contributed by atoms with E-state index in [4.69, 9.17) is 5.73 Å². The molecule has 0 spiro atoms. The van der Waals surface area contributed by atoms with Crippen LogP contribution in [0.2, 0.25) is 0 Å². The van der Waals surface area contributed by atoms with Gasteiger partial charge in [-0.25, -0.2) is 0 Å². The maximum absolute atomic E-state index is 5.88. The molecule has 1 unspecified atom stereocenters. The zero-order valence-corrected chi connectivity index (χ0v) is 10.2. The van der Waals surface area contributed by atoms with Crippen molar-refractivity contribution in [2.75, 3.05) is 25.9 Å². The molecule has 1 aromatic carbocycles. The third-order valence-corrected chi connectivity index (χ3v) is 3.80. The molecule has 17 heavy (non-hydrogen) atoms. The minimum Gasteiger partial charge on any atom is -0.399 e. The Bertz CT molecular complexity index is 529. The number of anilines is 1. The summed E-state index contributed by atoms with van der Waals surface area (Å²) in [6, 6.07) is 6.12. The number of H-pyrrole nitrogens is 1. The summed E-state index contributed by atoms with van der Waals surface area (Å²) in [6.07, 6.45) is 4.73. The van der Waals surface area contributed by atoms with Crippen molar-refractivity contribution in [2.24, 2.45) is 0 Å². The molecule has 90 valence electrons. The summed E-state index contributed by atoms with van der Waals surface area (Å²) in [5.41, 5.74) is 9.36. The maximum atomic E-state index is 5.88. The van der Waals surface area contributed by atoms with Gasteiger partial charge in [0.25, 0.3) is 0 Å². The summed E-state index contributed by atoms with van der Waals surface area (Å²) in [4.78, 5) is 5.77. The van der Waals surface area contributed by atoms with Crippen LogP contribution in [-0.4, -0.2) is 30.0 Å². The van der Waals surface area contributed by atoms with Gasteiger partial charge >= 0.3 is 0 Å². The second-order valence-electron chi connectivity index (χ2n) is 5.15. The number of hydrogen-bond donors (Lipinski definition) is 2. The highest BCUT2D eigenvalue weighted by Crippen LogP contribution is 2.32. The van der Waals surface area contributed by atoms with E-state index in [2.05, 4.69) is 35.3 Å². The van der Waals surface area contributed by atoms with Gasteiger partial charge in [-0.1, -0.05) is 0 Å². The molecule has 1 atom stereocenters. The summed E-state index contributed by atoms with van der Waals surface area (Å²) in [5, 5.41) is 1.30. The minimum absolute atomic E-state index is 0.643. The number of aromatic amines is 1. The van der Waals surface area contributed by atoms with E-state index in [0.29, 0.717) is 5.92 Å². The highest BCUT2D eigenvalue weighted by Gasteiger charge is 2.21. The number of nitrogen functional groups attached to an aromatic ring is 1. The first kappa shape index (κ1) is 10.7. The van der Waals surface area contributed by atoms with Gasteiger partial charge in [0.05, 0.1) is 0 Å². The SMILES string of the molecule is CN1CCCC(c2c[nH]c3ccc(N)cc23)C1. The zero-order chi connectivity index (χ0) is 11.8. The number of piperidine rings is 1. The fourth-order valence-electron chi connectivity index (χ4n) is 2.92. The first-order valence-electron chi connectivity index (χ1n) is 6.29. The molecule has 1 aliphatic rings. The normalized spacial score (nSPS) is 22.1. The van der Waals surface area contributed by atoms with Gasteiger partial charge in [-0.2, -0.15) is 0 Å². The molecule has 1 fully saturated rings. The fourth-order valence-corrected chi connectivity index (χ4v) is 2.92. The van der Waals surface area contributed by atoms with Crippen molar-refractivity contribution in [3.63, 3.8) is 0 Å². The Morgan fingerprint density at radius 3 is 3.12 bits per heavy atom. The minimum atomic E-state index is 0.643. The predicted octanol–water partition coefficient (Wildman–Crippen LogP) is 2.56. The van der Waals surface area contributed by atoms with E-state index in [1.165, 1.54) is 35.9 Å². The van der Waals surface area contributed by atoms with Gasteiger partial charge in [-0.15, -0.1) is 0 Å². The number of benzene rings is 1. The van der Waals surface area contributed by atoms with E-state index in [1.54, 1.807) is 0 Å².